The van der Waals surface area contributed by atoms with Gasteiger partial charge in [-0.15, -0.1) is 0 Å². The summed E-state index contributed by atoms with van der Waals surface area (Å²) in [6.45, 7) is 4.04. The molecule has 0 radical (unpaired) electrons. The molecule has 4 rings (SSSR count). The summed E-state index contributed by atoms with van der Waals surface area (Å²) in [6, 6.07) is 17.1. The Kier molecular flexibility index (Phi) is 7.29. The summed E-state index contributed by atoms with van der Waals surface area (Å²) in [6.07, 6.45) is 25.6. The van der Waals surface area contributed by atoms with Gasteiger partial charge >= 0.3 is 0 Å². The van der Waals surface area contributed by atoms with Crippen molar-refractivity contribution in [3.8, 4) is 0 Å². The van der Waals surface area contributed by atoms with E-state index in [0.717, 1.165) is 41.5 Å². The van der Waals surface area contributed by atoms with Gasteiger partial charge in [-0.05, 0) is 58.2 Å². The van der Waals surface area contributed by atoms with Crippen LogP contribution in [0.1, 0.15) is 35.1 Å². The van der Waals surface area contributed by atoms with Crippen LogP contribution in [0.5, 0.6) is 0 Å². The van der Waals surface area contributed by atoms with Crippen LogP contribution < -0.4 is 5.73 Å². The Labute approximate surface area is 202 Å². The van der Waals surface area contributed by atoms with Crippen molar-refractivity contribution in [3.63, 3.8) is 0 Å². The number of hydrogen-bond donors (Lipinski definition) is 2. The molecule has 0 heterocycles. The lowest BCUT2D eigenvalue weighted by Crippen LogP contribution is -2.28. The average molecular weight is 446 g/mol. The van der Waals surface area contributed by atoms with E-state index in [1.54, 1.807) is 6.20 Å². The number of nitrogens with two attached hydrogens (primary N) is 1. The Hall–Kier alpha value is -4.04. The highest BCUT2D eigenvalue weighted by atomic mass is 16.2. The average Bonchev–Trinajstić information content (AvgIpc) is 3.01. The van der Waals surface area contributed by atoms with Gasteiger partial charge in [0.2, 0.25) is 0 Å². The molecule has 34 heavy (non-hydrogen) atoms. The van der Waals surface area contributed by atoms with Crippen molar-refractivity contribution in [2.75, 3.05) is 0 Å². The molecule has 2 aromatic carbocycles. The standard InChI is InChI=1S/C32H31NO/c1-25-11-4-3-9-19-32(29(24-34)16-8-7-12-25)20-10-15-28(23-33)30-18-17-27(22-31(30)32)21-26-13-5-2-6-14-26/h2-18,22-24,34H,1,19-21,33H2/b9-3-,11-4-,12-7-,16-8-,28-23+,29-24-. The van der Waals surface area contributed by atoms with Crippen molar-refractivity contribution < 1.29 is 5.11 Å². The third-order valence-corrected chi connectivity index (χ3v) is 6.52. The van der Waals surface area contributed by atoms with Crippen molar-refractivity contribution >= 4 is 5.57 Å². The first-order valence-corrected chi connectivity index (χ1v) is 11.6. The van der Waals surface area contributed by atoms with Crippen LogP contribution >= 0.6 is 0 Å². The van der Waals surface area contributed by atoms with E-state index in [0.29, 0.717) is 0 Å². The van der Waals surface area contributed by atoms with Crippen molar-refractivity contribution in [1.29, 1.82) is 0 Å². The zero-order valence-corrected chi connectivity index (χ0v) is 19.4. The lowest BCUT2D eigenvalue weighted by Gasteiger charge is -2.35. The molecule has 2 aromatic rings. The van der Waals surface area contributed by atoms with Gasteiger partial charge in [0.15, 0.2) is 0 Å². The minimum Gasteiger partial charge on any atom is -0.515 e. The molecule has 3 N–H and O–H groups in total. The summed E-state index contributed by atoms with van der Waals surface area (Å²) in [7, 11) is 0. The molecule has 0 amide bonds. The third-order valence-electron chi connectivity index (χ3n) is 6.52. The monoisotopic (exact) mass is 445 g/mol. The summed E-state index contributed by atoms with van der Waals surface area (Å²) in [5, 5.41) is 10.5. The van der Waals surface area contributed by atoms with Gasteiger partial charge in [-0.2, -0.15) is 0 Å². The van der Waals surface area contributed by atoms with Gasteiger partial charge in [0, 0.05) is 11.6 Å². The molecular weight excluding hydrogens is 414 g/mol. The fourth-order valence-electron chi connectivity index (χ4n) is 4.74. The minimum atomic E-state index is -0.442. The molecule has 170 valence electrons. The maximum absolute atomic E-state index is 10.5. The minimum absolute atomic E-state index is 0.442. The predicted molar refractivity (Wildman–Crippen MR) is 144 cm³/mol. The number of allylic oxidation sites excluding steroid dienone is 13. The van der Waals surface area contributed by atoms with Crippen LogP contribution in [0.15, 0.2) is 139 Å². The number of fused-ring (bicyclic) bond motifs is 2. The van der Waals surface area contributed by atoms with Crippen molar-refractivity contribution in [1.82, 2.24) is 0 Å². The Morgan fingerprint density at radius 2 is 1.59 bits per heavy atom. The van der Waals surface area contributed by atoms with Crippen molar-refractivity contribution in [2.24, 2.45) is 5.73 Å². The van der Waals surface area contributed by atoms with E-state index >= 15 is 0 Å². The first kappa shape index (κ1) is 23.1. The summed E-state index contributed by atoms with van der Waals surface area (Å²) < 4.78 is 0. The smallest absolute Gasteiger partial charge is 0.0832 e. The van der Waals surface area contributed by atoms with Crippen LogP contribution in [0.25, 0.3) is 5.57 Å². The molecular formula is C32H31NO. The summed E-state index contributed by atoms with van der Waals surface area (Å²) in [5.41, 5.74) is 13.2. The van der Waals surface area contributed by atoms with E-state index in [-0.39, 0.29) is 0 Å². The molecule has 1 unspecified atom stereocenters. The number of aliphatic hydroxyl groups is 1. The molecule has 2 nitrogen and oxygen atoms in total. The van der Waals surface area contributed by atoms with Crippen molar-refractivity contribution in [3.05, 3.63) is 162 Å². The maximum Gasteiger partial charge on any atom is 0.0832 e. The highest BCUT2D eigenvalue weighted by Crippen LogP contribution is 2.46. The summed E-state index contributed by atoms with van der Waals surface area (Å²) in [4.78, 5) is 0. The third kappa shape index (κ3) is 4.97. The second-order valence-corrected chi connectivity index (χ2v) is 8.72. The van der Waals surface area contributed by atoms with E-state index in [9.17, 15) is 5.11 Å². The normalized spacial score (nSPS) is 26.3. The summed E-state index contributed by atoms with van der Waals surface area (Å²) in [5.74, 6) is 0. The number of aliphatic hydroxyl groups excluding tert-OH is 1. The Bertz CT molecular complexity index is 1250. The van der Waals surface area contributed by atoms with Gasteiger partial charge in [-0.25, -0.2) is 0 Å². The molecule has 0 bridgehead atoms. The second-order valence-electron chi connectivity index (χ2n) is 8.72. The molecule has 1 atom stereocenters. The Balaban J connectivity index is 1.90. The highest BCUT2D eigenvalue weighted by molar-refractivity contribution is 5.79. The molecule has 1 spiro atoms. The molecule has 2 heteroatoms. The number of rotatable bonds is 2. The molecule has 2 aliphatic carbocycles. The van der Waals surface area contributed by atoms with Crippen LogP contribution in [0.2, 0.25) is 0 Å². The Morgan fingerprint density at radius 3 is 2.35 bits per heavy atom. The van der Waals surface area contributed by atoms with Crippen LogP contribution in [0, 0.1) is 0 Å². The molecule has 0 aromatic heterocycles. The lowest BCUT2D eigenvalue weighted by molar-refractivity contribution is 0.438. The van der Waals surface area contributed by atoms with Crippen molar-refractivity contribution in [2.45, 2.75) is 24.7 Å². The topological polar surface area (TPSA) is 46.2 Å². The zero-order valence-electron chi connectivity index (χ0n) is 19.4. The quantitative estimate of drug-likeness (QED) is 0.473. The number of hydrogen-bond acceptors (Lipinski definition) is 2. The predicted octanol–water partition coefficient (Wildman–Crippen LogP) is 7.40. The van der Waals surface area contributed by atoms with Gasteiger partial charge in [0.25, 0.3) is 0 Å². The second kappa shape index (κ2) is 10.7. The van der Waals surface area contributed by atoms with E-state index in [4.69, 9.17) is 5.73 Å². The molecule has 2 aliphatic rings. The van der Waals surface area contributed by atoms with Gasteiger partial charge in [0.1, 0.15) is 0 Å². The number of benzene rings is 2. The SMILES string of the molecule is C=C1/C=C\C=C/CC2(CC=C/C(=C\N)c3ccc(Cc4ccccc4)cc32)C(=C\O)/C=C\C=C/1. The van der Waals surface area contributed by atoms with Gasteiger partial charge < -0.3 is 10.8 Å². The largest absolute Gasteiger partial charge is 0.515 e. The fourth-order valence-corrected chi connectivity index (χ4v) is 4.74. The Morgan fingerprint density at radius 1 is 0.853 bits per heavy atom. The van der Waals surface area contributed by atoms with Crippen LogP contribution in [0.3, 0.4) is 0 Å². The van der Waals surface area contributed by atoms with E-state index in [1.807, 2.05) is 42.5 Å². The van der Waals surface area contributed by atoms with Crippen LogP contribution in [-0.4, -0.2) is 5.11 Å². The maximum atomic E-state index is 10.5. The van der Waals surface area contributed by atoms with Crippen LogP contribution in [0.4, 0.5) is 0 Å². The highest BCUT2D eigenvalue weighted by Gasteiger charge is 2.37. The zero-order chi connectivity index (χ0) is 23.8. The molecule has 0 saturated carbocycles. The first-order chi connectivity index (χ1) is 16.7. The molecule has 0 fully saturated rings. The van der Waals surface area contributed by atoms with E-state index in [1.165, 1.54) is 23.0 Å². The lowest BCUT2D eigenvalue weighted by atomic mass is 9.67. The molecule has 0 aliphatic heterocycles. The van der Waals surface area contributed by atoms with E-state index in [2.05, 4.69) is 73.3 Å². The fraction of sp³-hybridized carbons (Fsp3) is 0.125. The van der Waals surface area contributed by atoms with Gasteiger partial charge in [0.05, 0.1) is 6.26 Å². The first-order valence-electron chi connectivity index (χ1n) is 11.6. The van der Waals surface area contributed by atoms with Gasteiger partial charge in [-0.3, -0.25) is 0 Å². The van der Waals surface area contributed by atoms with Gasteiger partial charge in [-0.1, -0.05) is 116 Å². The van der Waals surface area contributed by atoms with E-state index < -0.39 is 5.41 Å². The van der Waals surface area contributed by atoms with Crippen LogP contribution in [-0.2, 0) is 11.8 Å². The summed E-state index contributed by atoms with van der Waals surface area (Å²) >= 11 is 0. The molecule has 0 saturated heterocycles.